The molecular formula is C34H28O10. The lowest BCUT2D eigenvalue weighted by atomic mass is 10.2. The fourth-order valence-corrected chi connectivity index (χ4v) is 4.57. The second kappa shape index (κ2) is 14.2. The van der Waals surface area contributed by atoms with Crippen LogP contribution in [0.15, 0.2) is 121 Å². The average Bonchev–Trinajstić information content (AvgIpc) is 3.08. The van der Waals surface area contributed by atoms with Gasteiger partial charge in [0.2, 0.25) is 12.4 Å². The Balaban J connectivity index is 1.54. The van der Waals surface area contributed by atoms with Gasteiger partial charge in [0.1, 0.15) is 6.10 Å². The Labute approximate surface area is 252 Å². The van der Waals surface area contributed by atoms with Crippen LogP contribution in [0.5, 0.6) is 0 Å². The van der Waals surface area contributed by atoms with E-state index in [0.717, 1.165) is 0 Å². The number of rotatable bonds is 9. The predicted molar refractivity (Wildman–Crippen MR) is 155 cm³/mol. The molecule has 10 heteroatoms. The summed E-state index contributed by atoms with van der Waals surface area (Å²) < 4.78 is 28.9. The molecule has 0 aromatic heterocycles. The van der Waals surface area contributed by atoms with Gasteiger partial charge in [0.25, 0.3) is 0 Å². The van der Waals surface area contributed by atoms with Crippen LogP contribution in [0, 0.1) is 0 Å². The van der Waals surface area contributed by atoms with Crippen molar-refractivity contribution in [2.75, 3.05) is 6.61 Å². The van der Waals surface area contributed by atoms with Gasteiger partial charge in [-0.3, -0.25) is 0 Å². The van der Waals surface area contributed by atoms with E-state index in [2.05, 4.69) is 0 Å². The van der Waals surface area contributed by atoms with Crippen molar-refractivity contribution in [3.63, 3.8) is 0 Å². The molecule has 0 aliphatic carbocycles. The first-order valence-electron chi connectivity index (χ1n) is 13.7. The van der Waals surface area contributed by atoms with Crippen LogP contribution >= 0.6 is 0 Å². The van der Waals surface area contributed by atoms with Crippen molar-refractivity contribution in [1.82, 2.24) is 0 Å². The van der Waals surface area contributed by atoms with Crippen molar-refractivity contribution in [1.29, 1.82) is 0 Å². The summed E-state index contributed by atoms with van der Waals surface area (Å²) in [5.41, 5.74) is 0.641. The summed E-state index contributed by atoms with van der Waals surface area (Å²) in [5, 5.41) is 10.3. The zero-order valence-corrected chi connectivity index (χ0v) is 23.3. The zero-order valence-electron chi connectivity index (χ0n) is 23.3. The van der Waals surface area contributed by atoms with Crippen LogP contribution in [0.3, 0.4) is 0 Å². The van der Waals surface area contributed by atoms with Gasteiger partial charge in [0.15, 0.2) is 12.2 Å². The lowest BCUT2D eigenvalue weighted by Gasteiger charge is -2.43. The van der Waals surface area contributed by atoms with E-state index in [4.69, 9.17) is 23.7 Å². The van der Waals surface area contributed by atoms with Crippen LogP contribution in [0.1, 0.15) is 41.4 Å². The van der Waals surface area contributed by atoms with E-state index < -0.39 is 61.2 Å². The molecule has 5 rings (SSSR count). The minimum Gasteiger partial charge on any atom is -0.452 e. The SMILES string of the molecule is O=C(O[13CH]1O[13CH]([13CH2]O)[13C@@H](OC(=O)c2ccccc2)[13C@H](OC(=O)c2ccccc2)[13CH]1OC(=O)c1ccccc1)c1ccccc1. The minimum absolute atomic E-state index is 0.149. The number of hydrogen-bond donors (Lipinski definition) is 1. The molecule has 4 aromatic rings. The minimum atomic E-state index is -1.67. The van der Waals surface area contributed by atoms with Gasteiger partial charge in [-0.25, -0.2) is 19.2 Å². The van der Waals surface area contributed by atoms with Crippen LogP contribution in [0.2, 0.25) is 0 Å². The molecule has 0 radical (unpaired) electrons. The standard InChI is InChI=1S/C34H28O10/c35-21-26-27(41-30(36)22-13-5-1-6-14-22)28(42-31(37)23-15-7-2-8-16-23)29(43-32(38)24-17-9-3-10-18-24)34(40-26)44-33(39)25-19-11-4-12-20-25/h1-20,26-29,34-35H,21H2/t26?,27-,28+,29?,34?/m1/s1/i21+1,26+1,27+1,28+1,29+1,34+1. The molecule has 224 valence electrons. The third kappa shape index (κ3) is 7.17. The monoisotopic (exact) mass is 602 g/mol. The second-order valence-corrected chi connectivity index (χ2v) is 9.70. The van der Waals surface area contributed by atoms with Crippen molar-refractivity contribution < 1.29 is 48.0 Å². The van der Waals surface area contributed by atoms with E-state index in [0.29, 0.717) is 0 Å². The maximum absolute atomic E-state index is 13.3. The van der Waals surface area contributed by atoms with Gasteiger partial charge in [-0.05, 0) is 48.5 Å². The Kier molecular flexibility index (Phi) is 9.75. The first-order chi connectivity index (χ1) is 21.4. The number of carbonyl (C=O) groups is 4. The topological polar surface area (TPSA) is 135 Å². The summed E-state index contributed by atoms with van der Waals surface area (Å²) in [6.45, 7) is -0.731. The fourth-order valence-electron chi connectivity index (χ4n) is 4.57. The highest BCUT2D eigenvalue weighted by Crippen LogP contribution is 2.31. The van der Waals surface area contributed by atoms with E-state index >= 15 is 0 Å². The molecule has 1 aliphatic rings. The number of hydrogen-bond acceptors (Lipinski definition) is 10. The molecule has 1 heterocycles. The lowest BCUT2D eigenvalue weighted by molar-refractivity contribution is -0.283. The van der Waals surface area contributed by atoms with E-state index in [9.17, 15) is 24.3 Å². The maximum atomic E-state index is 13.3. The molecule has 5 atom stereocenters. The fraction of sp³-hybridized carbons (Fsp3) is 0.176. The van der Waals surface area contributed by atoms with Gasteiger partial charge in [0, 0.05) is 0 Å². The lowest BCUT2D eigenvalue weighted by Crippen LogP contribution is -2.63. The Morgan fingerprint density at radius 3 is 1.16 bits per heavy atom. The Hall–Kier alpha value is -5.32. The molecule has 0 amide bonds. The van der Waals surface area contributed by atoms with Crippen LogP contribution in [0.25, 0.3) is 0 Å². The molecule has 1 aliphatic heterocycles. The van der Waals surface area contributed by atoms with Crippen LogP contribution < -0.4 is 0 Å². The van der Waals surface area contributed by atoms with Crippen molar-refractivity contribution in [2.45, 2.75) is 30.7 Å². The molecule has 44 heavy (non-hydrogen) atoms. The summed E-state index contributed by atoms with van der Waals surface area (Å²) in [5.74, 6) is -3.34. The Bertz CT molecular complexity index is 1560. The van der Waals surface area contributed by atoms with Crippen molar-refractivity contribution >= 4 is 23.9 Å². The Morgan fingerprint density at radius 2 is 0.795 bits per heavy atom. The molecule has 3 unspecified atom stereocenters. The summed E-state index contributed by atoms with van der Waals surface area (Å²) in [4.78, 5) is 52.9. The number of esters is 4. The summed E-state index contributed by atoms with van der Waals surface area (Å²) >= 11 is 0. The Morgan fingerprint density at radius 1 is 0.477 bits per heavy atom. The highest BCUT2D eigenvalue weighted by Gasteiger charge is 2.54. The third-order valence-corrected chi connectivity index (χ3v) is 6.76. The third-order valence-electron chi connectivity index (χ3n) is 6.76. The molecule has 10 nitrogen and oxygen atoms in total. The van der Waals surface area contributed by atoms with E-state index in [1.165, 1.54) is 48.5 Å². The van der Waals surface area contributed by atoms with Crippen LogP contribution in [-0.4, -0.2) is 66.3 Å². The number of carbonyl (C=O) groups excluding carboxylic acids is 4. The second-order valence-electron chi connectivity index (χ2n) is 9.70. The van der Waals surface area contributed by atoms with Crippen LogP contribution in [-0.2, 0) is 23.7 Å². The van der Waals surface area contributed by atoms with Crippen molar-refractivity contribution in [3.8, 4) is 0 Å². The molecular weight excluding hydrogens is 574 g/mol. The first-order valence-corrected chi connectivity index (χ1v) is 13.7. The van der Waals surface area contributed by atoms with Gasteiger partial charge < -0.3 is 28.8 Å². The van der Waals surface area contributed by atoms with Gasteiger partial charge >= 0.3 is 23.9 Å². The van der Waals surface area contributed by atoms with E-state index in [1.807, 2.05) is 0 Å². The van der Waals surface area contributed by atoms with Gasteiger partial charge in [-0.15, -0.1) is 0 Å². The van der Waals surface area contributed by atoms with Crippen LogP contribution in [0.4, 0.5) is 0 Å². The summed E-state index contributed by atoms with van der Waals surface area (Å²) in [7, 11) is 0. The first kappa shape index (κ1) is 30.1. The largest absolute Gasteiger partial charge is 0.452 e. The van der Waals surface area contributed by atoms with Gasteiger partial charge in [-0.1, -0.05) is 72.8 Å². The van der Waals surface area contributed by atoms with Gasteiger partial charge in [-0.2, -0.15) is 0 Å². The highest BCUT2D eigenvalue weighted by atomic mass is 16.9. The average molecular weight is 603 g/mol. The molecule has 1 saturated heterocycles. The summed E-state index contributed by atoms with van der Waals surface area (Å²) in [6.07, 6.45) is -7.72. The molecule has 0 saturated carbocycles. The number of aliphatic hydroxyl groups is 1. The maximum Gasteiger partial charge on any atom is 0.340 e. The number of benzene rings is 4. The van der Waals surface area contributed by atoms with Gasteiger partial charge in [0.05, 0.1) is 28.9 Å². The highest BCUT2D eigenvalue weighted by molar-refractivity contribution is 5.92. The molecule has 1 N–H and O–H groups in total. The predicted octanol–water partition coefficient (Wildman–Crippen LogP) is 4.24. The quantitative estimate of drug-likeness (QED) is 0.168. The van der Waals surface area contributed by atoms with Crippen molar-refractivity contribution in [3.05, 3.63) is 144 Å². The normalized spacial score (nSPS) is 21.0. The smallest absolute Gasteiger partial charge is 0.340 e. The molecule has 0 bridgehead atoms. The summed E-state index contributed by atoms with van der Waals surface area (Å²) in [6, 6.07) is 32.0. The molecule has 0 spiro atoms. The number of aliphatic hydroxyl groups excluding tert-OH is 1. The van der Waals surface area contributed by atoms with Crippen molar-refractivity contribution in [2.24, 2.45) is 0 Å². The van der Waals surface area contributed by atoms with E-state index in [-0.39, 0.29) is 22.3 Å². The molecule has 4 aromatic carbocycles. The molecule has 1 fully saturated rings. The number of ether oxygens (including phenoxy) is 5. The zero-order chi connectivity index (χ0) is 30.9. The van der Waals surface area contributed by atoms with E-state index in [1.54, 1.807) is 72.8 Å².